The van der Waals surface area contributed by atoms with E-state index < -0.39 is 0 Å². The minimum absolute atomic E-state index is 0.221. The molecule has 2 rings (SSSR count). The van der Waals surface area contributed by atoms with Crippen LogP contribution in [0.3, 0.4) is 0 Å². The minimum Gasteiger partial charge on any atom is -0.375 e. The quantitative estimate of drug-likeness (QED) is 0.888. The standard InChI is InChI=1S/C14H23N3O/c1-5-16-14(12-8-15-6-7-17-12)13-9(2)10(3)18-11(13)4/h6-11,13-14,16H,5H2,1-4H3. The molecule has 0 aromatic carbocycles. The average molecular weight is 249 g/mol. The van der Waals surface area contributed by atoms with Crippen molar-refractivity contribution in [3.05, 3.63) is 24.3 Å². The highest BCUT2D eigenvalue weighted by atomic mass is 16.5. The van der Waals surface area contributed by atoms with Crippen LogP contribution < -0.4 is 5.32 Å². The van der Waals surface area contributed by atoms with Gasteiger partial charge in [-0.25, -0.2) is 0 Å². The van der Waals surface area contributed by atoms with Gasteiger partial charge in [0.15, 0.2) is 0 Å². The Hall–Kier alpha value is -1.00. The molecule has 1 aromatic heterocycles. The van der Waals surface area contributed by atoms with Gasteiger partial charge in [0, 0.05) is 24.5 Å². The van der Waals surface area contributed by atoms with Crippen LogP contribution in [0.4, 0.5) is 0 Å². The highest BCUT2D eigenvalue weighted by Crippen LogP contribution is 2.39. The molecule has 1 saturated heterocycles. The van der Waals surface area contributed by atoms with E-state index in [1.807, 2.05) is 6.20 Å². The van der Waals surface area contributed by atoms with Gasteiger partial charge in [0.1, 0.15) is 0 Å². The number of nitrogens with zero attached hydrogens (tertiary/aromatic N) is 2. The lowest BCUT2D eigenvalue weighted by Crippen LogP contribution is -2.35. The molecule has 0 bridgehead atoms. The summed E-state index contributed by atoms with van der Waals surface area (Å²) in [5, 5.41) is 3.54. The molecule has 4 nitrogen and oxygen atoms in total. The maximum atomic E-state index is 5.95. The molecule has 18 heavy (non-hydrogen) atoms. The first-order chi connectivity index (χ1) is 8.65. The zero-order valence-corrected chi connectivity index (χ0v) is 11.6. The largest absolute Gasteiger partial charge is 0.375 e. The van der Waals surface area contributed by atoms with E-state index in [1.54, 1.807) is 12.4 Å². The predicted molar refractivity (Wildman–Crippen MR) is 71.1 cm³/mol. The van der Waals surface area contributed by atoms with Crippen molar-refractivity contribution >= 4 is 0 Å². The number of aromatic nitrogens is 2. The third-order valence-electron chi connectivity index (χ3n) is 4.03. The first kappa shape index (κ1) is 13.4. The van der Waals surface area contributed by atoms with E-state index in [9.17, 15) is 0 Å². The first-order valence-electron chi connectivity index (χ1n) is 6.80. The second-order valence-electron chi connectivity index (χ2n) is 5.15. The lowest BCUT2D eigenvalue weighted by Gasteiger charge is -2.28. The van der Waals surface area contributed by atoms with Crippen molar-refractivity contribution in [2.75, 3.05) is 6.54 Å². The Morgan fingerprint density at radius 1 is 1.28 bits per heavy atom. The molecular formula is C14H23N3O. The lowest BCUT2D eigenvalue weighted by molar-refractivity contribution is 0.0474. The van der Waals surface area contributed by atoms with E-state index in [1.165, 1.54) is 0 Å². The maximum Gasteiger partial charge on any atom is 0.0760 e. The summed E-state index contributed by atoms with van der Waals surface area (Å²) in [5.74, 6) is 0.961. The van der Waals surface area contributed by atoms with E-state index in [0.29, 0.717) is 17.9 Å². The third kappa shape index (κ3) is 2.54. The van der Waals surface area contributed by atoms with Crippen molar-refractivity contribution in [2.45, 2.75) is 45.9 Å². The summed E-state index contributed by atoms with van der Waals surface area (Å²) in [6.45, 7) is 9.62. The summed E-state index contributed by atoms with van der Waals surface area (Å²) in [5.41, 5.74) is 1.01. The predicted octanol–water partition coefficient (Wildman–Crippen LogP) is 2.19. The van der Waals surface area contributed by atoms with Gasteiger partial charge in [0.25, 0.3) is 0 Å². The summed E-state index contributed by atoms with van der Waals surface area (Å²) in [6, 6.07) is 0.221. The van der Waals surface area contributed by atoms with Crippen molar-refractivity contribution in [3.63, 3.8) is 0 Å². The van der Waals surface area contributed by atoms with Gasteiger partial charge in [-0.3, -0.25) is 9.97 Å². The van der Waals surface area contributed by atoms with Gasteiger partial charge < -0.3 is 10.1 Å². The Labute approximate surface area is 109 Å². The van der Waals surface area contributed by atoms with Crippen molar-refractivity contribution < 1.29 is 4.74 Å². The fourth-order valence-corrected chi connectivity index (χ4v) is 3.00. The van der Waals surface area contributed by atoms with Crippen molar-refractivity contribution in [2.24, 2.45) is 11.8 Å². The van der Waals surface area contributed by atoms with Crippen LogP contribution in [0.5, 0.6) is 0 Å². The molecule has 2 heterocycles. The number of hydrogen-bond donors (Lipinski definition) is 1. The second-order valence-corrected chi connectivity index (χ2v) is 5.15. The Morgan fingerprint density at radius 3 is 2.56 bits per heavy atom. The van der Waals surface area contributed by atoms with E-state index in [4.69, 9.17) is 4.74 Å². The summed E-state index contributed by atoms with van der Waals surface area (Å²) < 4.78 is 5.95. The molecule has 0 amide bonds. The first-order valence-corrected chi connectivity index (χ1v) is 6.80. The zero-order valence-electron chi connectivity index (χ0n) is 11.6. The summed E-state index contributed by atoms with van der Waals surface area (Å²) in [6.07, 6.45) is 5.89. The lowest BCUT2D eigenvalue weighted by atomic mass is 9.82. The Kier molecular flexibility index (Phi) is 4.30. The van der Waals surface area contributed by atoms with Crippen LogP contribution in [0.2, 0.25) is 0 Å². The average Bonchev–Trinajstić information content (AvgIpc) is 2.62. The van der Waals surface area contributed by atoms with E-state index in [0.717, 1.165) is 12.2 Å². The topological polar surface area (TPSA) is 47.0 Å². The van der Waals surface area contributed by atoms with Crippen LogP contribution in [0.25, 0.3) is 0 Å². The molecule has 1 fully saturated rings. The van der Waals surface area contributed by atoms with Gasteiger partial charge in [-0.05, 0) is 26.3 Å². The van der Waals surface area contributed by atoms with Gasteiger partial charge in [0.2, 0.25) is 0 Å². The summed E-state index contributed by atoms with van der Waals surface area (Å²) >= 11 is 0. The zero-order chi connectivity index (χ0) is 13.1. The fourth-order valence-electron chi connectivity index (χ4n) is 3.00. The smallest absolute Gasteiger partial charge is 0.0760 e. The summed E-state index contributed by atoms with van der Waals surface area (Å²) in [4.78, 5) is 8.64. The number of rotatable bonds is 4. The second kappa shape index (κ2) is 5.76. The normalized spacial score (nSPS) is 33.6. The van der Waals surface area contributed by atoms with Gasteiger partial charge >= 0.3 is 0 Å². The molecule has 5 atom stereocenters. The molecular weight excluding hydrogens is 226 g/mol. The van der Waals surface area contributed by atoms with Gasteiger partial charge in [0.05, 0.1) is 23.9 Å². The van der Waals surface area contributed by atoms with Crippen molar-refractivity contribution in [3.8, 4) is 0 Å². The van der Waals surface area contributed by atoms with Gasteiger partial charge in [-0.1, -0.05) is 13.8 Å². The molecule has 1 aliphatic rings. The van der Waals surface area contributed by atoms with Crippen LogP contribution >= 0.6 is 0 Å². The minimum atomic E-state index is 0.221. The van der Waals surface area contributed by atoms with Crippen LogP contribution in [-0.2, 0) is 4.74 Å². The maximum absolute atomic E-state index is 5.95. The van der Waals surface area contributed by atoms with E-state index in [2.05, 4.69) is 43.0 Å². The van der Waals surface area contributed by atoms with Gasteiger partial charge in [-0.2, -0.15) is 0 Å². The SMILES string of the molecule is CCNC(c1cnccn1)C1C(C)OC(C)C1C. The van der Waals surface area contributed by atoms with Crippen LogP contribution in [0.1, 0.15) is 39.4 Å². The monoisotopic (exact) mass is 249 g/mol. The molecule has 1 aliphatic heterocycles. The van der Waals surface area contributed by atoms with Crippen LogP contribution in [0.15, 0.2) is 18.6 Å². The molecule has 0 aliphatic carbocycles. The molecule has 0 spiro atoms. The number of nitrogens with one attached hydrogen (secondary N) is 1. The van der Waals surface area contributed by atoms with Crippen LogP contribution in [-0.4, -0.2) is 28.7 Å². The molecule has 0 radical (unpaired) electrons. The highest BCUT2D eigenvalue weighted by Gasteiger charge is 2.42. The van der Waals surface area contributed by atoms with Gasteiger partial charge in [-0.15, -0.1) is 0 Å². The van der Waals surface area contributed by atoms with E-state index in [-0.39, 0.29) is 12.1 Å². The molecule has 1 aromatic rings. The fraction of sp³-hybridized carbons (Fsp3) is 0.714. The van der Waals surface area contributed by atoms with E-state index >= 15 is 0 Å². The molecule has 4 heteroatoms. The van der Waals surface area contributed by atoms with Crippen LogP contribution in [0, 0.1) is 11.8 Å². The number of hydrogen-bond acceptors (Lipinski definition) is 4. The van der Waals surface area contributed by atoms with Crippen molar-refractivity contribution in [1.82, 2.24) is 15.3 Å². The number of ether oxygens (including phenoxy) is 1. The third-order valence-corrected chi connectivity index (χ3v) is 4.03. The Morgan fingerprint density at radius 2 is 2.06 bits per heavy atom. The summed E-state index contributed by atoms with van der Waals surface area (Å²) in [7, 11) is 0. The molecule has 0 saturated carbocycles. The highest BCUT2D eigenvalue weighted by molar-refractivity contribution is 5.07. The molecule has 100 valence electrons. The van der Waals surface area contributed by atoms with Crippen molar-refractivity contribution in [1.29, 1.82) is 0 Å². The molecule has 1 N–H and O–H groups in total. The molecule has 5 unspecified atom stereocenters. The Bertz CT molecular complexity index is 371. The Balaban J connectivity index is 2.25.